The summed E-state index contributed by atoms with van der Waals surface area (Å²) in [5, 5.41) is 8.65. The second-order valence-corrected chi connectivity index (χ2v) is 2.97. The number of hydrogen-bond donors (Lipinski definition) is 1. The lowest BCUT2D eigenvalue weighted by atomic mass is 10.3. The van der Waals surface area contributed by atoms with Gasteiger partial charge in [-0.25, -0.2) is 0 Å². The number of aliphatic hydroxyl groups excluding tert-OH is 1. The van der Waals surface area contributed by atoms with Crippen LogP contribution in [0.15, 0.2) is 17.3 Å². The Labute approximate surface area is 63.9 Å². The van der Waals surface area contributed by atoms with Crippen molar-refractivity contribution < 1.29 is 5.11 Å². The van der Waals surface area contributed by atoms with E-state index in [0.717, 1.165) is 10.5 Å². The zero-order chi connectivity index (χ0) is 7.40. The van der Waals surface area contributed by atoms with Crippen molar-refractivity contribution in [2.24, 2.45) is 0 Å². The number of hydrogen-bond acceptors (Lipinski definition) is 3. The number of thiazole rings is 1. The summed E-state index contributed by atoms with van der Waals surface area (Å²) in [7, 11) is 0. The summed E-state index contributed by atoms with van der Waals surface area (Å²) in [6, 6.07) is 0. The highest BCUT2D eigenvalue weighted by Gasteiger charge is 1.89. The molecule has 2 nitrogen and oxygen atoms in total. The summed E-state index contributed by atoms with van der Waals surface area (Å²) in [5.41, 5.74) is 2.74. The highest BCUT2D eigenvalue weighted by Crippen LogP contribution is 2.09. The summed E-state index contributed by atoms with van der Waals surface area (Å²) in [4.78, 5) is 4.99. The average Bonchev–Trinajstić information content (AvgIpc) is 2.40. The Morgan fingerprint density at radius 1 is 1.90 bits per heavy atom. The highest BCUT2D eigenvalue weighted by atomic mass is 32.1. The molecule has 1 aromatic rings. The topological polar surface area (TPSA) is 33.1 Å². The van der Waals surface area contributed by atoms with Crippen molar-refractivity contribution in [3.63, 3.8) is 0 Å². The van der Waals surface area contributed by atoms with Crippen LogP contribution in [-0.4, -0.2) is 16.7 Å². The van der Waals surface area contributed by atoms with Gasteiger partial charge in [-0.1, -0.05) is 0 Å². The smallest absolute Gasteiger partial charge is 0.0797 e. The minimum atomic E-state index is 0.123. The number of rotatable bonds is 2. The monoisotopic (exact) mass is 155 g/mol. The van der Waals surface area contributed by atoms with Crippen molar-refractivity contribution in [3.05, 3.63) is 22.2 Å². The SMILES string of the molecule is CC(=Cc1cncs1)CO. The van der Waals surface area contributed by atoms with Gasteiger partial charge in [0.2, 0.25) is 0 Å². The fourth-order valence-electron chi connectivity index (χ4n) is 0.585. The zero-order valence-electron chi connectivity index (χ0n) is 5.74. The van der Waals surface area contributed by atoms with Crippen molar-refractivity contribution in [2.75, 3.05) is 6.61 Å². The van der Waals surface area contributed by atoms with Gasteiger partial charge in [-0.2, -0.15) is 0 Å². The maximum Gasteiger partial charge on any atom is 0.0797 e. The molecule has 54 valence electrons. The lowest BCUT2D eigenvalue weighted by Crippen LogP contribution is -1.81. The quantitative estimate of drug-likeness (QED) is 0.702. The van der Waals surface area contributed by atoms with Gasteiger partial charge in [0.1, 0.15) is 0 Å². The molecule has 3 heteroatoms. The first-order chi connectivity index (χ1) is 4.83. The van der Waals surface area contributed by atoms with E-state index in [2.05, 4.69) is 4.98 Å². The van der Waals surface area contributed by atoms with Crippen LogP contribution >= 0.6 is 11.3 Å². The van der Waals surface area contributed by atoms with E-state index in [0.29, 0.717) is 0 Å². The van der Waals surface area contributed by atoms with Crippen molar-refractivity contribution in [2.45, 2.75) is 6.92 Å². The molecule has 0 atom stereocenters. The fraction of sp³-hybridized carbons (Fsp3) is 0.286. The van der Waals surface area contributed by atoms with Gasteiger partial charge >= 0.3 is 0 Å². The van der Waals surface area contributed by atoms with E-state index >= 15 is 0 Å². The first kappa shape index (κ1) is 7.44. The molecule has 0 aromatic carbocycles. The van der Waals surface area contributed by atoms with E-state index in [9.17, 15) is 0 Å². The van der Waals surface area contributed by atoms with Gasteiger partial charge in [0.15, 0.2) is 0 Å². The molecule has 0 aliphatic rings. The Kier molecular flexibility index (Phi) is 2.59. The first-order valence-corrected chi connectivity index (χ1v) is 3.87. The Morgan fingerprint density at radius 3 is 3.20 bits per heavy atom. The molecule has 0 radical (unpaired) electrons. The molecule has 0 fully saturated rings. The second kappa shape index (κ2) is 3.49. The van der Waals surface area contributed by atoms with Crippen molar-refractivity contribution in [1.29, 1.82) is 0 Å². The number of aliphatic hydroxyl groups is 1. The van der Waals surface area contributed by atoms with Gasteiger partial charge in [-0.05, 0) is 18.6 Å². The predicted octanol–water partition coefficient (Wildman–Crippen LogP) is 1.54. The number of aromatic nitrogens is 1. The van der Waals surface area contributed by atoms with Crippen LogP contribution in [0.4, 0.5) is 0 Å². The molecular weight excluding hydrogens is 146 g/mol. The summed E-state index contributed by atoms with van der Waals surface area (Å²) >= 11 is 1.57. The molecule has 10 heavy (non-hydrogen) atoms. The summed E-state index contributed by atoms with van der Waals surface area (Å²) in [5.74, 6) is 0. The summed E-state index contributed by atoms with van der Waals surface area (Å²) in [6.07, 6.45) is 3.71. The Morgan fingerprint density at radius 2 is 2.70 bits per heavy atom. The predicted molar refractivity (Wildman–Crippen MR) is 42.9 cm³/mol. The Hall–Kier alpha value is -0.670. The van der Waals surface area contributed by atoms with E-state index in [4.69, 9.17) is 5.11 Å². The zero-order valence-corrected chi connectivity index (χ0v) is 6.56. The normalized spacial score (nSPS) is 12.0. The van der Waals surface area contributed by atoms with Crippen LogP contribution in [0.1, 0.15) is 11.8 Å². The van der Waals surface area contributed by atoms with Crippen molar-refractivity contribution in [3.8, 4) is 0 Å². The van der Waals surface area contributed by atoms with Gasteiger partial charge in [0.25, 0.3) is 0 Å². The molecule has 0 unspecified atom stereocenters. The molecule has 1 aromatic heterocycles. The van der Waals surface area contributed by atoms with E-state index < -0.39 is 0 Å². The molecule has 0 amide bonds. The molecule has 0 saturated carbocycles. The van der Waals surface area contributed by atoms with Crippen LogP contribution < -0.4 is 0 Å². The third kappa shape index (κ3) is 1.93. The molecule has 1 heterocycles. The minimum absolute atomic E-state index is 0.123. The molecule has 0 aliphatic heterocycles. The largest absolute Gasteiger partial charge is 0.392 e. The number of nitrogens with zero attached hydrogens (tertiary/aromatic N) is 1. The van der Waals surface area contributed by atoms with Crippen molar-refractivity contribution >= 4 is 17.4 Å². The highest BCUT2D eigenvalue weighted by molar-refractivity contribution is 7.10. The standard InChI is InChI=1S/C7H9NOS/c1-6(4-9)2-7-3-8-5-10-7/h2-3,5,9H,4H2,1H3. The third-order valence-corrected chi connectivity index (χ3v) is 1.81. The first-order valence-electron chi connectivity index (χ1n) is 2.99. The van der Waals surface area contributed by atoms with Crippen LogP contribution in [0.25, 0.3) is 6.08 Å². The van der Waals surface area contributed by atoms with E-state index in [1.165, 1.54) is 0 Å². The van der Waals surface area contributed by atoms with Gasteiger partial charge < -0.3 is 5.11 Å². The molecule has 0 saturated heterocycles. The van der Waals surface area contributed by atoms with Crippen molar-refractivity contribution in [1.82, 2.24) is 4.98 Å². The molecule has 1 N–H and O–H groups in total. The summed E-state index contributed by atoms with van der Waals surface area (Å²) in [6.45, 7) is 2.01. The fourth-order valence-corrected chi connectivity index (χ4v) is 1.22. The second-order valence-electron chi connectivity index (χ2n) is 2.05. The van der Waals surface area contributed by atoms with E-state index in [1.807, 2.05) is 13.0 Å². The maximum absolute atomic E-state index is 8.65. The van der Waals surface area contributed by atoms with E-state index in [1.54, 1.807) is 23.0 Å². The minimum Gasteiger partial charge on any atom is -0.392 e. The molecule has 0 aliphatic carbocycles. The maximum atomic E-state index is 8.65. The molecular formula is C7H9NOS. The molecule has 0 bridgehead atoms. The van der Waals surface area contributed by atoms with Gasteiger partial charge in [-0.3, -0.25) is 4.98 Å². The van der Waals surface area contributed by atoms with Crippen LogP contribution in [0, 0.1) is 0 Å². The summed E-state index contributed by atoms with van der Waals surface area (Å²) < 4.78 is 0. The molecule has 0 spiro atoms. The Balaban J connectivity index is 2.71. The van der Waals surface area contributed by atoms with Gasteiger partial charge in [0.05, 0.1) is 12.1 Å². The van der Waals surface area contributed by atoms with Crippen LogP contribution in [0.5, 0.6) is 0 Å². The lowest BCUT2D eigenvalue weighted by Gasteiger charge is -1.89. The van der Waals surface area contributed by atoms with Crippen LogP contribution in [0.2, 0.25) is 0 Å². The third-order valence-electron chi connectivity index (χ3n) is 1.09. The van der Waals surface area contributed by atoms with Gasteiger partial charge in [0, 0.05) is 11.1 Å². The van der Waals surface area contributed by atoms with Crippen LogP contribution in [-0.2, 0) is 0 Å². The van der Waals surface area contributed by atoms with Crippen LogP contribution in [0.3, 0.4) is 0 Å². The van der Waals surface area contributed by atoms with E-state index in [-0.39, 0.29) is 6.61 Å². The average molecular weight is 155 g/mol. The molecule has 1 rings (SSSR count). The Bertz CT molecular complexity index is 216. The lowest BCUT2D eigenvalue weighted by molar-refractivity contribution is 0.332. The van der Waals surface area contributed by atoms with Gasteiger partial charge in [-0.15, -0.1) is 11.3 Å².